The zero-order valence-corrected chi connectivity index (χ0v) is 13.7. The fourth-order valence-electron chi connectivity index (χ4n) is 3.73. The van der Waals surface area contributed by atoms with Crippen molar-refractivity contribution in [3.8, 4) is 0 Å². The quantitative estimate of drug-likeness (QED) is 0.705. The summed E-state index contributed by atoms with van der Waals surface area (Å²) < 4.78 is 15.9. The first-order valence-electron chi connectivity index (χ1n) is 7.68. The van der Waals surface area contributed by atoms with Crippen molar-refractivity contribution in [2.24, 2.45) is 0 Å². The minimum atomic E-state index is -0.351. The number of aryl methyl sites for hydroxylation is 2. The first kappa shape index (κ1) is 14.2. The molecular formula is C18H17BrFNO. The molecule has 0 aliphatic heterocycles. The number of hydrogen-bond donors (Lipinski definition) is 1. The van der Waals surface area contributed by atoms with Gasteiger partial charge in [0, 0.05) is 32.8 Å². The van der Waals surface area contributed by atoms with Gasteiger partial charge >= 0.3 is 0 Å². The van der Waals surface area contributed by atoms with Crippen LogP contribution in [0, 0.1) is 0 Å². The van der Waals surface area contributed by atoms with Gasteiger partial charge in [-0.25, -0.2) is 0 Å². The Morgan fingerprint density at radius 2 is 2.05 bits per heavy atom. The normalized spacial score (nSPS) is 17.5. The highest BCUT2D eigenvalue weighted by molar-refractivity contribution is 9.10. The van der Waals surface area contributed by atoms with Gasteiger partial charge in [-0.2, -0.15) is 0 Å². The predicted molar refractivity (Wildman–Crippen MR) is 91.0 cm³/mol. The third kappa shape index (κ3) is 2.01. The summed E-state index contributed by atoms with van der Waals surface area (Å²) in [5, 5.41) is 12.6. The number of fused-ring (bicyclic) bond motifs is 5. The molecular weight excluding hydrogens is 345 g/mol. The molecule has 0 spiro atoms. The highest BCUT2D eigenvalue weighted by Crippen LogP contribution is 2.41. The predicted octanol–water partition coefficient (Wildman–Crippen LogP) is 4.90. The third-order valence-corrected chi connectivity index (χ3v) is 5.17. The van der Waals surface area contributed by atoms with Crippen molar-refractivity contribution < 1.29 is 9.50 Å². The average Bonchev–Trinajstić information content (AvgIpc) is 3.03. The van der Waals surface area contributed by atoms with Gasteiger partial charge in [0.15, 0.2) is 0 Å². The van der Waals surface area contributed by atoms with E-state index in [2.05, 4.69) is 38.7 Å². The van der Waals surface area contributed by atoms with Gasteiger partial charge < -0.3 is 9.67 Å². The number of benzene rings is 2. The van der Waals surface area contributed by atoms with Crippen LogP contribution in [0.5, 0.6) is 0 Å². The molecule has 114 valence electrons. The molecule has 1 aromatic heterocycles. The Balaban J connectivity index is 2.09. The van der Waals surface area contributed by atoms with Gasteiger partial charge in [-0.1, -0.05) is 22.0 Å². The van der Waals surface area contributed by atoms with Gasteiger partial charge in [-0.3, -0.25) is 4.39 Å². The van der Waals surface area contributed by atoms with Crippen LogP contribution in [-0.4, -0.2) is 16.3 Å². The molecule has 22 heavy (non-hydrogen) atoms. The lowest BCUT2D eigenvalue weighted by atomic mass is 10.0. The van der Waals surface area contributed by atoms with Crippen molar-refractivity contribution in [2.75, 3.05) is 6.67 Å². The number of aromatic nitrogens is 1. The summed E-state index contributed by atoms with van der Waals surface area (Å²) in [6.45, 7) is 0.376. The lowest BCUT2D eigenvalue weighted by molar-refractivity contribution is 0.180. The summed E-state index contributed by atoms with van der Waals surface area (Å²) in [4.78, 5) is 0. The molecule has 2 nitrogen and oxygen atoms in total. The molecule has 4 rings (SSSR count). The highest BCUT2D eigenvalue weighted by atomic mass is 79.9. The first-order valence-corrected chi connectivity index (χ1v) is 8.47. The van der Waals surface area contributed by atoms with E-state index in [1.54, 1.807) is 0 Å². The van der Waals surface area contributed by atoms with Crippen LogP contribution in [0.1, 0.15) is 30.1 Å². The fourth-order valence-corrected chi connectivity index (χ4v) is 4.09. The Kier molecular flexibility index (Phi) is 3.46. The van der Waals surface area contributed by atoms with Gasteiger partial charge in [0.1, 0.15) is 0 Å². The largest absolute Gasteiger partial charge is 0.388 e. The molecule has 1 atom stereocenters. The number of rotatable bonds is 3. The molecule has 1 aliphatic rings. The average molecular weight is 362 g/mol. The zero-order chi connectivity index (χ0) is 15.3. The maximum Gasteiger partial charge on any atom is 0.0911 e. The number of aliphatic hydroxyl groups is 1. The van der Waals surface area contributed by atoms with Gasteiger partial charge in [-0.05, 0) is 54.7 Å². The Hall–Kier alpha value is -1.39. The maximum atomic E-state index is 12.7. The Morgan fingerprint density at radius 3 is 2.86 bits per heavy atom. The van der Waals surface area contributed by atoms with E-state index in [1.165, 1.54) is 16.3 Å². The standard InChI is InChI=1S/C18H17BrFNO/c19-11-2-5-15-14(10-11)18-13-4-7-17(22)12(13)3-6-16(18)21(15)9-1-8-20/h2-3,5-6,10,17,22H,1,4,7-9H2. The number of hydrogen-bond acceptors (Lipinski definition) is 1. The third-order valence-electron chi connectivity index (χ3n) is 4.68. The van der Waals surface area contributed by atoms with Crippen molar-refractivity contribution >= 4 is 37.7 Å². The number of alkyl halides is 1. The van der Waals surface area contributed by atoms with E-state index in [1.807, 2.05) is 12.1 Å². The molecule has 1 aliphatic carbocycles. The van der Waals surface area contributed by atoms with Gasteiger partial charge in [-0.15, -0.1) is 0 Å². The summed E-state index contributed by atoms with van der Waals surface area (Å²) in [6.07, 6.45) is 1.87. The lowest BCUT2D eigenvalue weighted by Gasteiger charge is -2.08. The van der Waals surface area contributed by atoms with Gasteiger partial charge in [0.2, 0.25) is 0 Å². The van der Waals surface area contributed by atoms with Crippen molar-refractivity contribution in [3.63, 3.8) is 0 Å². The van der Waals surface area contributed by atoms with Crippen molar-refractivity contribution in [1.29, 1.82) is 0 Å². The fraction of sp³-hybridized carbons (Fsp3) is 0.333. The Labute approximate surface area is 136 Å². The summed E-state index contributed by atoms with van der Waals surface area (Å²) in [6, 6.07) is 10.4. The molecule has 0 bridgehead atoms. The van der Waals surface area contributed by atoms with Crippen LogP contribution in [0.4, 0.5) is 4.39 Å². The van der Waals surface area contributed by atoms with Crippen molar-refractivity contribution in [3.05, 3.63) is 45.9 Å². The van der Waals surface area contributed by atoms with Crippen molar-refractivity contribution in [1.82, 2.24) is 4.57 Å². The van der Waals surface area contributed by atoms with Crippen LogP contribution in [0.3, 0.4) is 0 Å². The molecule has 1 unspecified atom stereocenters. The van der Waals surface area contributed by atoms with Crippen LogP contribution in [0.2, 0.25) is 0 Å². The monoisotopic (exact) mass is 361 g/mol. The number of halogens is 2. The molecule has 1 heterocycles. The van der Waals surface area contributed by atoms with Crippen LogP contribution in [-0.2, 0) is 13.0 Å². The molecule has 4 heteroatoms. The molecule has 0 fully saturated rings. The van der Waals surface area contributed by atoms with Crippen LogP contribution in [0.15, 0.2) is 34.8 Å². The van der Waals surface area contributed by atoms with Crippen LogP contribution < -0.4 is 0 Å². The van der Waals surface area contributed by atoms with Gasteiger partial charge in [0.25, 0.3) is 0 Å². The second kappa shape index (κ2) is 5.36. The van der Waals surface area contributed by atoms with E-state index >= 15 is 0 Å². The topological polar surface area (TPSA) is 25.2 Å². The zero-order valence-electron chi connectivity index (χ0n) is 12.1. The molecule has 0 saturated heterocycles. The summed E-state index contributed by atoms with van der Waals surface area (Å²) in [5.41, 5.74) is 4.60. The molecule has 0 amide bonds. The van der Waals surface area contributed by atoms with E-state index < -0.39 is 0 Å². The summed E-state index contributed by atoms with van der Waals surface area (Å²) in [7, 11) is 0. The Bertz CT molecular complexity index is 871. The molecule has 3 aromatic rings. The minimum Gasteiger partial charge on any atom is -0.388 e. The molecule has 1 N–H and O–H groups in total. The summed E-state index contributed by atoms with van der Waals surface area (Å²) in [5.74, 6) is 0. The molecule has 0 saturated carbocycles. The molecule has 0 radical (unpaired) electrons. The van der Waals surface area contributed by atoms with E-state index in [0.717, 1.165) is 33.9 Å². The highest BCUT2D eigenvalue weighted by Gasteiger charge is 2.25. The Morgan fingerprint density at radius 1 is 1.23 bits per heavy atom. The maximum absolute atomic E-state index is 12.7. The van der Waals surface area contributed by atoms with E-state index in [9.17, 15) is 9.50 Å². The second-order valence-corrected chi connectivity index (χ2v) is 6.85. The second-order valence-electron chi connectivity index (χ2n) is 5.94. The van der Waals surface area contributed by atoms with E-state index in [0.29, 0.717) is 13.0 Å². The van der Waals surface area contributed by atoms with E-state index in [-0.39, 0.29) is 12.8 Å². The summed E-state index contributed by atoms with van der Waals surface area (Å²) >= 11 is 3.55. The number of nitrogens with zero attached hydrogens (tertiary/aromatic N) is 1. The van der Waals surface area contributed by atoms with Crippen LogP contribution >= 0.6 is 15.9 Å². The van der Waals surface area contributed by atoms with Crippen LogP contribution in [0.25, 0.3) is 21.8 Å². The minimum absolute atomic E-state index is 0.304. The molecule has 2 aromatic carbocycles. The number of aliphatic hydroxyl groups excluding tert-OH is 1. The van der Waals surface area contributed by atoms with Gasteiger partial charge in [0.05, 0.1) is 12.8 Å². The first-order chi connectivity index (χ1) is 10.7. The van der Waals surface area contributed by atoms with E-state index in [4.69, 9.17) is 0 Å². The SMILES string of the molecule is OC1CCc2c1ccc1c2c2cc(Br)ccc2n1CCCF. The lowest BCUT2D eigenvalue weighted by Crippen LogP contribution is -1.99. The smallest absolute Gasteiger partial charge is 0.0911 e. The van der Waals surface area contributed by atoms with Crippen molar-refractivity contribution in [2.45, 2.75) is 31.9 Å².